The van der Waals surface area contributed by atoms with Crippen LogP contribution in [0, 0.1) is 11.7 Å². The number of rotatable bonds is 4. The van der Waals surface area contributed by atoms with Gasteiger partial charge in [0.2, 0.25) is 5.91 Å². The number of halogens is 2. The minimum absolute atomic E-state index is 0. The van der Waals surface area contributed by atoms with E-state index in [1.807, 2.05) is 0 Å². The van der Waals surface area contributed by atoms with Gasteiger partial charge in [-0.1, -0.05) is 12.5 Å². The SMILES string of the molecule is COc1ccc(CN(C)C(=O)C2CCCC(N)C2)cc1F.Cl. The number of methoxy groups -OCH3 is 1. The van der Waals surface area contributed by atoms with Crippen LogP contribution in [0.1, 0.15) is 31.2 Å². The van der Waals surface area contributed by atoms with Crippen molar-refractivity contribution in [1.29, 1.82) is 0 Å². The number of nitrogens with two attached hydrogens (primary N) is 1. The summed E-state index contributed by atoms with van der Waals surface area (Å²) in [5, 5.41) is 0. The van der Waals surface area contributed by atoms with E-state index in [1.165, 1.54) is 13.2 Å². The second-order valence-corrected chi connectivity index (χ2v) is 5.79. The Kier molecular flexibility index (Phi) is 7.10. The number of hydrogen-bond acceptors (Lipinski definition) is 3. The number of ether oxygens (including phenoxy) is 1. The molecule has 22 heavy (non-hydrogen) atoms. The number of carbonyl (C=O) groups excluding carboxylic acids is 1. The molecule has 0 bridgehead atoms. The van der Waals surface area contributed by atoms with Crippen molar-refractivity contribution in [3.63, 3.8) is 0 Å². The molecule has 0 saturated heterocycles. The van der Waals surface area contributed by atoms with E-state index in [4.69, 9.17) is 10.5 Å². The maximum absolute atomic E-state index is 13.7. The first-order chi connectivity index (χ1) is 10.0. The largest absolute Gasteiger partial charge is 0.494 e. The van der Waals surface area contributed by atoms with Crippen molar-refractivity contribution in [2.24, 2.45) is 11.7 Å². The first kappa shape index (κ1) is 18.7. The predicted molar refractivity (Wildman–Crippen MR) is 86.6 cm³/mol. The van der Waals surface area contributed by atoms with Gasteiger partial charge in [-0.25, -0.2) is 4.39 Å². The van der Waals surface area contributed by atoms with Gasteiger partial charge in [-0.05, 0) is 37.0 Å². The molecule has 2 unspecified atom stereocenters. The zero-order chi connectivity index (χ0) is 15.4. The van der Waals surface area contributed by atoms with Crippen LogP contribution in [-0.4, -0.2) is 31.0 Å². The molecule has 124 valence electrons. The monoisotopic (exact) mass is 330 g/mol. The predicted octanol–water partition coefficient (Wildman–Crippen LogP) is 2.73. The average Bonchev–Trinajstić information content (AvgIpc) is 2.46. The molecule has 1 aliphatic rings. The Hall–Kier alpha value is -1.33. The molecule has 2 N–H and O–H groups in total. The van der Waals surface area contributed by atoms with E-state index in [0.29, 0.717) is 6.54 Å². The van der Waals surface area contributed by atoms with Crippen LogP contribution in [0.5, 0.6) is 5.75 Å². The van der Waals surface area contributed by atoms with Gasteiger partial charge in [0, 0.05) is 25.6 Å². The van der Waals surface area contributed by atoms with Gasteiger partial charge in [-0.15, -0.1) is 12.4 Å². The summed E-state index contributed by atoms with van der Waals surface area (Å²) < 4.78 is 18.6. The summed E-state index contributed by atoms with van der Waals surface area (Å²) in [6, 6.07) is 4.90. The Morgan fingerprint density at radius 1 is 1.45 bits per heavy atom. The van der Waals surface area contributed by atoms with Crippen molar-refractivity contribution in [1.82, 2.24) is 4.90 Å². The summed E-state index contributed by atoms with van der Waals surface area (Å²) in [5.74, 6) is -0.0928. The molecule has 0 aromatic heterocycles. The van der Waals surface area contributed by atoms with Crippen LogP contribution in [0.4, 0.5) is 4.39 Å². The lowest BCUT2D eigenvalue weighted by Gasteiger charge is -2.29. The van der Waals surface area contributed by atoms with Crippen LogP contribution in [0.3, 0.4) is 0 Å². The van der Waals surface area contributed by atoms with Gasteiger partial charge < -0.3 is 15.4 Å². The molecule has 1 aliphatic carbocycles. The first-order valence-electron chi connectivity index (χ1n) is 7.34. The van der Waals surface area contributed by atoms with Crippen molar-refractivity contribution in [3.05, 3.63) is 29.6 Å². The second-order valence-electron chi connectivity index (χ2n) is 5.79. The number of amides is 1. The fourth-order valence-corrected chi connectivity index (χ4v) is 2.92. The van der Waals surface area contributed by atoms with E-state index in [9.17, 15) is 9.18 Å². The topological polar surface area (TPSA) is 55.6 Å². The molecule has 6 heteroatoms. The molecule has 0 aliphatic heterocycles. The van der Waals surface area contributed by atoms with Gasteiger partial charge >= 0.3 is 0 Å². The maximum atomic E-state index is 13.7. The zero-order valence-corrected chi connectivity index (χ0v) is 13.9. The standard InChI is InChI=1S/C16H23FN2O2.ClH/c1-19(16(20)12-4-3-5-13(18)9-12)10-11-6-7-15(21-2)14(17)8-11;/h6-8,12-13H,3-5,9-10,18H2,1-2H3;1H. The highest BCUT2D eigenvalue weighted by Crippen LogP contribution is 2.25. The molecule has 1 saturated carbocycles. The molecule has 0 heterocycles. The molecule has 4 nitrogen and oxygen atoms in total. The first-order valence-corrected chi connectivity index (χ1v) is 7.34. The second kappa shape index (κ2) is 8.34. The van der Waals surface area contributed by atoms with Crippen LogP contribution >= 0.6 is 12.4 Å². The highest BCUT2D eigenvalue weighted by Gasteiger charge is 2.27. The van der Waals surface area contributed by atoms with Crippen LogP contribution in [0.25, 0.3) is 0 Å². The highest BCUT2D eigenvalue weighted by atomic mass is 35.5. The van der Waals surface area contributed by atoms with E-state index >= 15 is 0 Å². The molecule has 0 radical (unpaired) electrons. The van der Waals surface area contributed by atoms with Crippen LogP contribution in [0.2, 0.25) is 0 Å². The van der Waals surface area contributed by atoms with Crippen molar-refractivity contribution in [2.75, 3.05) is 14.2 Å². The average molecular weight is 331 g/mol. The third-order valence-electron chi connectivity index (χ3n) is 4.08. The van der Waals surface area contributed by atoms with E-state index in [2.05, 4.69) is 0 Å². The lowest BCUT2D eigenvalue weighted by atomic mass is 9.85. The molecule has 1 amide bonds. The summed E-state index contributed by atoms with van der Waals surface area (Å²) >= 11 is 0. The quantitative estimate of drug-likeness (QED) is 0.923. The molecule has 1 aromatic rings. The summed E-state index contributed by atoms with van der Waals surface area (Å²) in [5.41, 5.74) is 6.69. The van der Waals surface area contributed by atoms with Crippen molar-refractivity contribution in [3.8, 4) is 5.75 Å². The third-order valence-corrected chi connectivity index (χ3v) is 4.08. The lowest BCUT2D eigenvalue weighted by molar-refractivity contribution is -0.135. The summed E-state index contributed by atoms with van der Waals surface area (Å²) in [4.78, 5) is 14.1. The number of hydrogen-bond donors (Lipinski definition) is 1. The van der Waals surface area contributed by atoms with Crippen LogP contribution in [-0.2, 0) is 11.3 Å². The van der Waals surface area contributed by atoms with E-state index in [-0.39, 0.29) is 36.0 Å². The Bertz CT molecular complexity index is 513. The van der Waals surface area contributed by atoms with Crippen LogP contribution in [0.15, 0.2) is 18.2 Å². The number of nitrogens with zero attached hydrogens (tertiary/aromatic N) is 1. The Morgan fingerprint density at radius 3 is 2.77 bits per heavy atom. The van der Waals surface area contributed by atoms with Crippen LogP contribution < -0.4 is 10.5 Å². The van der Waals surface area contributed by atoms with E-state index in [1.54, 1.807) is 24.1 Å². The highest BCUT2D eigenvalue weighted by molar-refractivity contribution is 5.85. The van der Waals surface area contributed by atoms with E-state index < -0.39 is 5.82 Å². The minimum Gasteiger partial charge on any atom is -0.494 e. The van der Waals surface area contributed by atoms with Crippen molar-refractivity contribution in [2.45, 2.75) is 38.3 Å². The zero-order valence-electron chi connectivity index (χ0n) is 13.0. The summed E-state index contributed by atoms with van der Waals surface area (Å²) in [6.07, 6.45) is 3.65. The fraction of sp³-hybridized carbons (Fsp3) is 0.562. The Labute approximate surface area is 137 Å². The molecular formula is C16H24ClFN2O2. The third kappa shape index (κ3) is 4.58. The van der Waals surface area contributed by atoms with Gasteiger partial charge in [-0.2, -0.15) is 0 Å². The van der Waals surface area contributed by atoms with Gasteiger partial charge in [0.1, 0.15) is 0 Å². The Balaban J connectivity index is 0.00000242. The van der Waals surface area contributed by atoms with Gasteiger partial charge in [0.05, 0.1) is 7.11 Å². The fourth-order valence-electron chi connectivity index (χ4n) is 2.92. The maximum Gasteiger partial charge on any atom is 0.225 e. The molecule has 1 fully saturated rings. The smallest absolute Gasteiger partial charge is 0.225 e. The molecule has 2 atom stereocenters. The summed E-state index contributed by atoms with van der Waals surface area (Å²) in [7, 11) is 3.19. The van der Waals surface area contributed by atoms with Crippen molar-refractivity contribution >= 4 is 18.3 Å². The van der Waals surface area contributed by atoms with Gasteiger partial charge in [0.15, 0.2) is 11.6 Å². The molecule has 1 aromatic carbocycles. The molecular weight excluding hydrogens is 307 g/mol. The van der Waals surface area contributed by atoms with Crippen molar-refractivity contribution < 1.29 is 13.9 Å². The van der Waals surface area contributed by atoms with E-state index in [0.717, 1.165) is 31.2 Å². The molecule has 0 spiro atoms. The number of benzene rings is 1. The summed E-state index contributed by atoms with van der Waals surface area (Å²) in [6.45, 7) is 0.394. The minimum atomic E-state index is -0.407. The lowest BCUT2D eigenvalue weighted by Crippen LogP contribution is -2.38. The Morgan fingerprint density at radius 2 is 2.18 bits per heavy atom. The van der Waals surface area contributed by atoms with Gasteiger partial charge in [0.25, 0.3) is 0 Å². The van der Waals surface area contributed by atoms with Gasteiger partial charge in [-0.3, -0.25) is 4.79 Å². The molecule has 2 rings (SSSR count). The number of carbonyl (C=O) groups is 1. The normalized spacial score (nSPS) is 20.9.